The Balaban J connectivity index is 1.55. The average Bonchev–Trinajstić information content (AvgIpc) is 3.22. The van der Waals surface area contributed by atoms with E-state index in [4.69, 9.17) is 9.47 Å². The Morgan fingerprint density at radius 3 is 2.73 bits per heavy atom. The van der Waals surface area contributed by atoms with Crippen molar-refractivity contribution in [1.82, 2.24) is 4.90 Å². The molecule has 2 aliphatic heterocycles. The third-order valence-corrected chi connectivity index (χ3v) is 5.68. The Bertz CT molecular complexity index is 648. The van der Waals surface area contributed by atoms with Crippen LogP contribution < -0.4 is 9.47 Å². The summed E-state index contributed by atoms with van der Waals surface area (Å²) in [6.45, 7) is 1.13. The average molecular weight is 364 g/mol. The third kappa shape index (κ3) is 2.22. The summed E-state index contributed by atoms with van der Waals surface area (Å²) in [6, 6.07) is 3.81. The number of hydrogen-bond acceptors (Lipinski definition) is 3. The van der Waals surface area contributed by atoms with Gasteiger partial charge in [-0.15, -0.1) is 0 Å². The largest absolute Gasteiger partial charge is 0.454 e. The Hall–Kier alpha value is -1.49. The molecule has 0 saturated carbocycles. The van der Waals surface area contributed by atoms with Crippen molar-refractivity contribution in [3.8, 4) is 11.5 Å². The number of rotatable bonds is 2. The van der Waals surface area contributed by atoms with Gasteiger partial charge in [0.25, 0.3) is 0 Å². The number of nitrogens with zero attached hydrogens (tertiary/aromatic N) is 1. The lowest BCUT2D eigenvalue weighted by Crippen LogP contribution is -2.46. The number of carbonyl (C=O) groups is 1. The molecule has 5 heteroatoms. The van der Waals surface area contributed by atoms with Crippen molar-refractivity contribution < 1.29 is 14.3 Å². The minimum absolute atomic E-state index is 0.0555. The summed E-state index contributed by atoms with van der Waals surface area (Å²) in [6.07, 6.45) is 9.05. The highest BCUT2D eigenvalue weighted by Gasteiger charge is 2.43. The van der Waals surface area contributed by atoms with Crippen LogP contribution in [0.1, 0.15) is 31.2 Å². The molecule has 1 aliphatic carbocycles. The molecule has 0 aromatic heterocycles. The second kappa shape index (κ2) is 5.30. The summed E-state index contributed by atoms with van der Waals surface area (Å²) in [7, 11) is 0. The Labute approximate surface area is 138 Å². The second-order valence-electron chi connectivity index (χ2n) is 6.23. The molecule has 0 unspecified atom stereocenters. The predicted octanol–water partition coefficient (Wildman–Crippen LogP) is 3.43. The van der Waals surface area contributed by atoms with Crippen molar-refractivity contribution in [2.45, 2.75) is 37.6 Å². The molecule has 116 valence electrons. The lowest BCUT2D eigenvalue weighted by atomic mass is 9.93. The lowest BCUT2D eigenvalue weighted by molar-refractivity contribution is -0.134. The van der Waals surface area contributed by atoms with E-state index in [1.54, 1.807) is 0 Å². The maximum absolute atomic E-state index is 12.8. The van der Waals surface area contributed by atoms with E-state index in [1.165, 1.54) is 0 Å². The van der Waals surface area contributed by atoms with Crippen molar-refractivity contribution in [2.75, 3.05) is 13.3 Å². The van der Waals surface area contributed by atoms with Crippen LogP contribution in [0.5, 0.6) is 11.5 Å². The molecule has 1 fully saturated rings. The van der Waals surface area contributed by atoms with Crippen LogP contribution in [-0.4, -0.2) is 29.7 Å². The number of carbonyl (C=O) groups excluding carboxylic acids is 1. The number of ether oxygens (including phenoxy) is 2. The summed E-state index contributed by atoms with van der Waals surface area (Å²) in [5.74, 6) is 1.67. The normalized spacial score (nSPS) is 21.0. The van der Waals surface area contributed by atoms with Gasteiger partial charge in [0.05, 0.1) is 6.42 Å². The number of benzene rings is 1. The minimum atomic E-state index is 0.0555. The molecule has 0 atom stereocenters. The summed E-state index contributed by atoms with van der Waals surface area (Å²) in [5.41, 5.74) is 1.02. The first kappa shape index (κ1) is 14.1. The maximum atomic E-state index is 12.8. The van der Waals surface area contributed by atoms with Gasteiger partial charge in [-0.25, -0.2) is 0 Å². The number of hydrogen-bond donors (Lipinski definition) is 0. The molecule has 0 N–H and O–H groups in total. The summed E-state index contributed by atoms with van der Waals surface area (Å²) in [4.78, 5) is 14.9. The van der Waals surface area contributed by atoms with Gasteiger partial charge in [-0.3, -0.25) is 4.79 Å². The SMILES string of the molecule is O=C(Cc1cc2c(cc1Br)OCO2)N1CCCC12CC=CC2. The number of likely N-dealkylation sites (tertiary alicyclic amines) is 1. The van der Waals surface area contributed by atoms with Gasteiger partial charge in [0.2, 0.25) is 12.7 Å². The van der Waals surface area contributed by atoms with Gasteiger partial charge in [0.1, 0.15) is 0 Å². The quantitative estimate of drug-likeness (QED) is 0.755. The predicted molar refractivity (Wildman–Crippen MR) is 86.0 cm³/mol. The zero-order valence-corrected chi connectivity index (χ0v) is 13.9. The first-order valence-corrected chi connectivity index (χ1v) is 8.51. The van der Waals surface area contributed by atoms with Gasteiger partial charge in [0, 0.05) is 16.6 Å². The number of fused-ring (bicyclic) bond motifs is 1. The van der Waals surface area contributed by atoms with Gasteiger partial charge in [-0.1, -0.05) is 28.1 Å². The van der Waals surface area contributed by atoms with Crippen molar-refractivity contribution in [1.29, 1.82) is 0 Å². The standard InChI is InChI=1S/C17H18BrNO3/c18-13-10-15-14(21-11-22-15)8-12(13)9-16(20)19-7-3-6-17(19)4-1-2-5-17/h1-2,8,10H,3-7,9,11H2. The van der Waals surface area contributed by atoms with Crippen LogP contribution in [0.15, 0.2) is 28.8 Å². The molecular formula is C17H18BrNO3. The molecule has 1 saturated heterocycles. The monoisotopic (exact) mass is 363 g/mol. The fraction of sp³-hybridized carbons (Fsp3) is 0.471. The van der Waals surface area contributed by atoms with Crippen LogP contribution in [0, 0.1) is 0 Å². The maximum Gasteiger partial charge on any atom is 0.231 e. The molecule has 0 bridgehead atoms. The van der Waals surface area contributed by atoms with E-state index in [2.05, 4.69) is 33.0 Å². The zero-order chi connectivity index (χ0) is 15.2. The fourth-order valence-corrected chi connectivity index (χ4v) is 4.26. The molecule has 2 heterocycles. The zero-order valence-electron chi connectivity index (χ0n) is 12.3. The fourth-order valence-electron chi connectivity index (χ4n) is 3.79. The molecule has 1 amide bonds. The lowest BCUT2D eigenvalue weighted by Gasteiger charge is -2.35. The molecule has 3 aliphatic rings. The van der Waals surface area contributed by atoms with E-state index < -0.39 is 0 Å². The molecule has 0 radical (unpaired) electrons. The van der Waals surface area contributed by atoms with Crippen LogP contribution in [0.25, 0.3) is 0 Å². The molecular weight excluding hydrogens is 346 g/mol. The first-order chi connectivity index (χ1) is 10.7. The summed E-state index contributed by atoms with van der Waals surface area (Å²) < 4.78 is 11.7. The topological polar surface area (TPSA) is 38.8 Å². The van der Waals surface area contributed by atoms with Crippen molar-refractivity contribution in [2.24, 2.45) is 0 Å². The van der Waals surface area contributed by atoms with Crippen LogP contribution in [0.2, 0.25) is 0 Å². The smallest absolute Gasteiger partial charge is 0.231 e. The molecule has 22 heavy (non-hydrogen) atoms. The Kier molecular flexibility index (Phi) is 3.40. The van der Waals surface area contributed by atoms with Crippen molar-refractivity contribution in [3.05, 3.63) is 34.3 Å². The number of halogens is 1. The molecule has 1 aromatic rings. The Morgan fingerprint density at radius 2 is 1.95 bits per heavy atom. The van der Waals surface area contributed by atoms with Crippen LogP contribution in [-0.2, 0) is 11.2 Å². The number of amides is 1. The van der Waals surface area contributed by atoms with E-state index in [1.807, 2.05) is 12.1 Å². The van der Waals surface area contributed by atoms with E-state index >= 15 is 0 Å². The van der Waals surface area contributed by atoms with E-state index in [-0.39, 0.29) is 18.2 Å². The molecule has 4 nitrogen and oxygen atoms in total. The van der Waals surface area contributed by atoms with Gasteiger partial charge in [-0.2, -0.15) is 0 Å². The van der Waals surface area contributed by atoms with Gasteiger partial charge in [0.15, 0.2) is 11.5 Å². The summed E-state index contributed by atoms with van der Waals surface area (Å²) in [5, 5.41) is 0. The van der Waals surface area contributed by atoms with E-state index in [9.17, 15) is 4.79 Å². The first-order valence-electron chi connectivity index (χ1n) is 7.71. The molecule has 1 spiro atoms. The van der Waals surface area contributed by atoms with E-state index in [0.29, 0.717) is 6.42 Å². The second-order valence-corrected chi connectivity index (χ2v) is 7.08. The van der Waals surface area contributed by atoms with Crippen molar-refractivity contribution in [3.63, 3.8) is 0 Å². The highest BCUT2D eigenvalue weighted by molar-refractivity contribution is 9.10. The van der Waals surface area contributed by atoms with Gasteiger partial charge >= 0.3 is 0 Å². The Morgan fingerprint density at radius 1 is 1.23 bits per heavy atom. The van der Waals surface area contributed by atoms with E-state index in [0.717, 1.165) is 53.8 Å². The molecule has 1 aromatic carbocycles. The highest BCUT2D eigenvalue weighted by Crippen LogP contribution is 2.41. The van der Waals surface area contributed by atoms with Gasteiger partial charge in [-0.05, 0) is 43.4 Å². The van der Waals surface area contributed by atoms with Gasteiger partial charge < -0.3 is 14.4 Å². The van der Waals surface area contributed by atoms with Crippen LogP contribution in [0.4, 0.5) is 0 Å². The third-order valence-electron chi connectivity index (χ3n) is 4.94. The van der Waals surface area contributed by atoms with Crippen LogP contribution >= 0.6 is 15.9 Å². The summed E-state index contributed by atoms with van der Waals surface area (Å²) >= 11 is 3.54. The highest BCUT2D eigenvalue weighted by atomic mass is 79.9. The minimum Gasteiger partial charge on any atom is -0.454 e. The van der Waals surface area contributed by atoms with Crippen LogP contribution in [0.3, 0.4) is 0 Å². The van der Waals surface area contributed by atoms with Crippen molar-refractivity contribution >= 4 is 21.8 Å². The molecule has 4 rings (SSSR count).